The number of aromatic nitrogens is 2. The quantitative estimate of drug-likeness (QED) is 0.318. The molecule has 1 amide bonds. The molecule has 170 valence electrons. The Morgan fingerprint density at radius 1 is 0.939 bits per heavy atom. The molecule has 4 rings (SSSR count). The zero-order chi connectivity index (χ0) is 23.2. The van der Waals surface area contributed by atoms with Gasteiger partial charge in [0.25, 0.3) is 5.91 Å². The normalized spacial score (nSPS) is 12.1. The number of ether oxygens (including phenoxy) is 1. The lowest BCUT2D eigenvalue weighted by atomic mass is 10.0. The molecule has 0 bridgehead atoms. The van der Waals surface area contributed by atoms with Crippen LogP contribution >= 0.6 is 0 Å². The van der Waals surface area contributed by atoms with E-state index in [-0.39, 0.29) is 11.9 Å². The van der Waals surface area contributed by atoms with Gasteiger partial charge in [0.1, 0.15) is 11.6 Å². The third-order valence-corrected chi connectivity index (χ3v) is 5.80. The van der Waals surface area contributed by atoms with Gasteiger partial charge in [-0.2, -0.15) is 0 Å². The molecule has 0 spiro atoms. The highest BCUT2D eigenvalue weighted by molar-refractivity contribution is 5.94. The van der Waals surface area contributed by atoms with Crippen LogP contribution in [0.2, 0.25) is 0 Å². The van der Waals surface area contributed by atoms with Crippen LogP contribution in [0.5, 0.6) is 5.75 Å². The zero-order valence-corrected chi connectivity index (χ0v) is 19.5. The minimum absolute atomic E-state index is 0.102. The van der Waals surface area contributed by atoms with Gasteiger partial charge in [-0.15, -0.1) is 0 Å². The molecule has 0 aliphatic rings. The molecule has 0 aliphatic heterocycles. The van der Waals surface area contributed by atoms with Crippen LogP contribution in [-0.2, 0) is 6.54 Å². The molecule has 1 N–H and O–H groups in total. The molecule has 0 aliphatic carbocycles. The van der Waals surface area contributed by atoms with Crippen LogP contribution in [0.4, 0.5) is 0 Å². The number of aryl methyl sites for hydroxylation is 1. The lowest BCUT2D eigenvalue weighted by molar-refractivity contribution is 0.0937. The topological polar surface area (TPSA) is 56.1 Å². The van der Waals surface area contributed by atoms with Crippen LogP contribution < -0.4 is 10.1 Å². The summed E-state index contributed by atoms with van der Waals surface area (Å²) < 4.78 is 8.16. The Hall–Kier alpha value is -3.60. The average molecular weight is 442 g/mol. The van der Waals surface area contributed by atoms with Crippen LogP contribution in [0.25, 0.3) is 11.0 Å². The molecular formula is C28H31N3O2. The number of carbonyl (C=O) groups is 1. The first-order chi connectivity index (χ1) is 16.0. The zero-order valence-electron chi connectivity index (χ0n) is 19.5. The first-order valence-corrected chi connectivity index (χ1v) is 11.6. The van der Waals surface area contributed by atoms with Crippen LogP contribution in [0.15, 0.2) is 78.9 Å². The van der Waals surface area contributed by atoms with Gasteiger partial charge >= 0.3 is 0 Å². The minimum atomic E-state index is -0.227. The van der Waals surface area contributed by atoms with Gasteiger partial charge in [-0.05, 0) is 61.2 Å². The molecule has 4 aromatic rings. The van der Waals surface area contributed by atoms with E-state index in [1.165, 1.54) is 5.56 Å². The van der Waals surface area contributed by atoms with Crippen molar-refractivity contribution < 1.29 is 9.53 Å². The third kappa shape index (κ3) is 5.43. The smallest absolute Gasteiger partial charge is 0.251 e. The first kappa shape index (κ1) is 22.6. The van der Waals surface area contributed by atoms with Crippen molar-refractivity contribution in [3.63, 3.8) is 0 Å². The average Bonchev–Trinajstić information content (AvgIpc) is 3.21. The Morgan fingerprint density at radius 2 is 1.64 bits per heavy atom. The molecule has 33 heavy (non-hydrogen) atoms. The van der Waals surface area contributed by atoms with E-state index in [1.807, 2.05) is 67.6 Å². The first-order valence-electron chi connectivity index (χ1n) is 11.6. The van der Waals surface area contributed by atoms with E-state index in [1.54, 1.807) is 0 Å². The Bertz CT molecular complexity index is 1200. The number of benzene rings is 3. The van der Waals surface area contributed by atoms with Gasteiger partial charge in [0.2, 0.25) is 0 Å². The second-order valence-electron chi connectivity index (χ2n) is 8.60. The molecule has 0 fully saturated rings. The number of para-hydroxylation sites is 2. The standard InChI is InChI=1S/C28H31N3O2/c1-20(2)22-14-16-24(17-15-22)33-19-9-18-31-26-13-8-7-12-25(26)30-27(31)21(3)29-28(32)23-10-5-4-6-11-23/h4-8,10-17,20-21H,9,18-19H2,1-3H3,(H,29,32). The Labute approximate surface area is 195 Å². The van der Waals surface area contributed by atoms with Crippen molar-refractivity contribution in [3.05, 3.63) is 95.8 Å². The van der Waals surface area contributed by atoms with Crippen molar-refractivity contribution in [2.45, 2.75) is 45.7 Å². The molecule has 1 atom stereocenters. The number of rotatable bonds is 9. The van der Waals surface area contributed by atoms with Gasteiger partial charge in [-0.25, -0.2) is 4.98 Å². The van der Waals surface area contributed by atoms with Gasteiger partial charge < -0.3 is 14.6 Å². The van der Waals surface area contributed by atoms with Crippen LogP contribution in [0.1, 0.15) is 60.9 Å². The number of hydrogen-bond donors (Lipinski definition) is 1. The van der Waals surface area contributed by atoms with Crippen LogP contribution in [0, 0.1) is 0 Å². The molecule has 5 heteroatoms. The highest BCUT2D eigenvalue weighted by atomic mass is 16.5. The lowest BCUT2D eigenvalue weighted by Gasteiger charge is -2.17. The molecule has 1 unspecified atom stereocenters. The summed E-state index contributed by atoms with van der Waals surface area (Å²) in [7, 11) is 0. The summed E-state index contributed by atoms with van der Waals surface area (Å²) in [6.07, 6.45) is 0.832. The molecule has 0 saturated heterocycles. The number of imidazole rings is 1. The highest BCUT2D eigenvalue weighted by Gasteiger charge is 2.19. The maximum Gasteiger partial charge on any atom is 0.251 e. The van der Waals surface area contributed by atoms with E-state index in [4.69, 9.17) is 9.72 Å². The van der Waals surface area contributed by atoms with E-state index in [0.717, 1.165) is 35.6 Å². The van der Waals surface area contributed by atoms with Gasteiger partial charge in [-0.1, -0.05) is 56.3 Å². The van der Waals surface area contributed by atoms with Gasteiger partial charge in [0, 0.05) is 12.1 Å². The fourth-order valence-corrected chi connectivity index (χ4v) is 3.96. The summed E-state index contributed by atoms with van der Waals surface area (Å²) in [5.41, 5.74) is 3.94. The van der Waals surface area contributed by atoms with Gasteiger partial charge in [-0.3, -0.25) is 4.79 Å². The van der Waals surface area contributed by atoms with Crippen molar-refractivity contribution in [2.24, 2.45) is 0 Å². The Balaban J connectivity index is 1.44. The second-order valence-corrected chi connectivity index (χ2v) is 8.60. The van der Waals surface area contributed by atoms with Crippen LogP contribution in [0.3, 0.4) is 0 Å². The lowest BCUT2D eigenvalue weighted by Crippen LogP contribution is -2.28. The SMILES string of the molecule is CC(C)c1ccc(OCCCn2c(C(C)NC(=O)c3ccccc3)nc3ccccc32)cc1. The summed E-state index contributed by atoms with van der Waals surface area (Å²) in [6.45, 7) is 7.72. The van der Waals surface area contributed by atoms with Crippen molar-refractivity contribution in [2.75, 3.05) is 6.61 Å². The van der Waals surface area contributed by atoms with Crippen molar-refractivity contribution in [3.8, 4) is 5.75 Å². The molecule has 0 radical (unpaired) electrons. The largest absolute Gasteiger partial charge is 0.494 e. The fourth-order valence-electron chi connectivity index (χ4n) is 3.96. The maximum atomic E-state index is 12.7. The number of amides is 1. The fraction of sp³-hybridized carbons (Fsp3) is 0.286. The highest BCUT2D eigenvalue weighted by Crippen LogP contribution is 2.22. The van der Waals surface area contributed by atoms with E-state index in [0.29, 0.717) is 18.1 Å². The van der Waals surface area contributed by atoms with E-state index in [9.17, 15) is 4.79 Å². The molecule has 3 aromatic carbocycles. The number of hydrogen-bond acceptors (Lipinski definition) is 3. The molecular weight excluding hydrogens is 410 g/mol. The monoisotopic (exact) mass is 441 g/mol. The molecule has 1 heterocycles. The number of nitrogens with one attached hydrogen (secondary N) is 1. The summed E-state index contributed by atoms with van der Waals surface area (Å²) in [6, 6.07) is 25.4. The molecule has 0 saturated carbocycles. The number of carbonyl (C=O) groups excluding carboxylic acids is 1. The van der Waals surface area contributed by atoms with E-state index >= 15 is 0 Å². The Morgan fingerprint density at radius 3 is 2.36 bits per heavy atom. The minimum Gasteiger partial charge on any atom is -0.494 e. The summed E-state index contributed by atoms with van der Waals surface area (Å²) in [5.74, 6) is 2.15. The predicted molar refractivity (Wildman–Crippen MR) is 133 cm³/mol. The van der Waals surface area contributed by atoms with Crippen molar-refractivity contribution in [1.29, 1.82) is 0 Å². The second kappa shape index (κ2) is 10.3. The van der Waals surface area contributed by atoms with Gasteiger partial charge in [0.15, 0.2) is 0 Å². The molecule has 1 aromatic heterocycles. The number of fused-ring (bicyclic) bond motifs is 1. The maximum absolute atomic E-state index is 12.7. The van der Waals surface area contributed by atoms with Crippen molar-refractivity contribution in [1.82, 2.24) is 14.9 Å². The van der Waals surface area contributed by atoms with Crippen molar-refractivity contribution >= 4 is 16.9 Å². The summed E-state index contributed by atoms with van der Waals surface area (Å²) >= 11 is 0. The van der Waals surface area contributed by atoms with Crippen LogP contribution in [-0.4, -0.2) is 22.1 Å². The summed E-state index contributed by atoms with van der Waals surface area (Å²) in [5, 5.41) is 3.09. The van der Waals surface area contributed by atoms with Gasteiger partial charge in [0.05, 0.1) is 23.7 Å². The van der Waals surface area contributed by atoms with E-state index < -0.39 is 0 Å². The van der Waals surface area contributed by atoms with E-state index in [2.05, 4.69) is 41.9 Å². The summed E-state index contributed by atoms with van der Waals surface area (Å²) in [4.78, 5) is 17.5. The Kier molecular flexibility index (Phi) is 7.08. The number of nitrogens with zero attached hydrogens (tertiary/aromatic N) is 2. The predicted octanol–water partition coefficient (Wildman–Crippen LogP) is 6.12. The molecule has 5 nitrogen and oxygen atoms in total. The third-order valence-electron chi connectivity index (χ3n) is 5.80.